The molecular formula is C12H23N5O2S. The lowest BCUT2D eigenvalue weighted by molar-refractivity contribution is 0.292. The van der Waals surface area contributed by atoms with Crippen molar-refractivity contribution in [2.24, 2.45) is 0 Å². The minimum absolute atomic E-state index is 0.130. The quantitative estimate of drug-likeness (QED) is 0.710. The number of aromatic nitrogens is 3. The summed E-state index contributed by atoms with van der Waals surface area (Å²) in [5, 5.41) is 6.05. The van der Waals surface area contributed by atoms with Crippen molar-refractivity contribution in [2.45, 2.75) is 32.7 Å². The average molecular weight is 301 g/mol. The third-order valence-electron chi connectivity index (χ3n) is 2.49. The molecule has 0 aromatic carbocycles. The molecule has 0 fully saturated rings. The van der Waals surface area contributed by atoms with Crippen LogP contribution < -0.4 is 15.4 Å². The molecule has 0 aliphatic rings. The molecule has 0 spiro atoms. The molecule has 0 saturated heterocycles. The molecule has 2 unspecified atom stereocenters. The molecule has 0 bridgehead atoms. The number of ether oxygens (including phenoxy) is 1. The Bertz CT molecular complexity index is 444. The van der Waals surface area contributed by atoms with Gasteiger partial charge in [0.25, 0.3) is 0 Å². The van der Waals surface area contributed by atoms with Crippen LogP contribution >= 0.6 is 0 Å². The number of hydrogen-bond acceptors (Lipinski definition) is 7. The largest absolute Gasteiger partial charge is 0.463 e. The number of nitrogens with one attached hydrogen (secondary N) is 2. The van der Waals surface area contributed by atoms with Gasteiger partial charge in [-0.05, 0) is 19.8 Å². The molecule has 7 nitrogen and oxygen atoms in total. The second kappa shape index (κ2) is 8.68. The highest BCUT2D eigenvalue weighted by molar-refractivity contribution is 7.84. The first-order valence-corrected chi connectivity index (χ1v) is 8.41. The van der Waals surface area contributed by atoms with Crippen LogP contribution in [0.4, 0.5) is 11.9 Å². The van der Waals surface area contributed by atoms with E-state index in [-0.39, 0.29) is 6.04 Å². The molecule has 0 saturated carbocycles. The summed E-state index contributed by atoms with van der Waals surface area (Å²) in [5.41, 5.74) is 0. The molecule has 1 heterocycles. The summed E-state index contributed by atoms with van der Waals surface area (Å²) >= 11 is 0. The Morgan fingerprint density at radius 2 is 2.00 bits per heavy atom. The van der Waals surface area contributed by atoms with Gasteiger partial charge in [-0.3, -0.25) is 4.21 Å². The Labute approximate surface area is 122 Å². The molecule has 2 atom stereocenters. The van der Waals surface area contributed by atoms with E-state index < -0.39 is 10.8 Å². The molecule has 1 aromatic heterocycles. The lowest BCUT2D eigenvalue weighted by Gasteiger charge is -2.14. The van der Waals surface area contributed by atoms with Crippen LogP contribution in [0.3, 0.4) is 0 Å². The number of anilines is 2. The van der Waals surface area contributed by atoms with Crippen LogP contribution in [0.5, 0.6) is 6.01 Å². The zero-order valence-electron chi connectivity index (χ0n) is 12.5. The van der Waals surface area contributed by atoms with Gasteiger partial charge in [-0.2, -0.15) is 15.0 Å². The van der Waals surface area contributed by atoms with Gasteiger partial charge in [-0.25, -0.2) is 0 Å². The minimum atomic E-state index is -0.789. The summed E-state index contributed by atoms with van der Waals surface area (Å²) in [7, 11) is 0.953. The number of nitrogens with zero attached hydrogens (tertiary/aromatic N) is 3. The summed E-state index contributed by atoms with van der Waals surface area (Å²) in [4.78, 5) is 12.6. The fraction of sp³-hybridized carbons (Fsp3) is 0.750. The second-order valence-electron chi connectivity index (χ2n) is 4.48. The van der Waals surface area contributed by atoms with Gasteiger partial charge in [0.2, 0.25) is 11.9 Å². The molecule has 114 valence electrons. The molecule has 1 rings (SSSR count). The van der Waals surface area contributed by atoms with E-state index in [4.69, 9.17) is 4.74 Å². The predicted molar refractivity (Wildman–Crippen MR) is 81.8 cm³/mol. The third kappa shape index (κ3) is 6.14. The Hall–Kier alpha value is -1.44. The van der Waals surface area contributed by atoms with Crippen LogP contribution in [0.15, 0.2) is 0 Å². The maximum Gasteiger partial charge on any atom is 0.323 e. The third-order valence-corrected chi connectivity index (χ3v) is 3.30. The van der Waals surface area contributed by atoms with Crippen molar-refractivity contribution in [3.05, 3.63) is 0 Å². The fourth-order valence-electron chi connectivity index (χ4n) is 1.43. The van der Waals surface area contributed by atoms with E-state index in [1.54, 1.807) is 13.3 Å². The molecule has 2 N–H and O–H groups in total. The van der Waals surface area contributed by atoms with Crippen molar-refractivity contribution in [1.29, 1.82) is 0 Å². The predicted octanol–water partition coefficient (Wildman–Crippen LogP) is 1.27. The summed E-state index contributed by atoms with van der Waals surface area (Å²) in [6.07, 6.45) is 3.38. The Balaban J connectivity index is 2.69. The first kappa shape index (κ1) is 16.6. The van der Waals surface area contributed by atoms with Gasteiger partial charge in [0.15, 0.2) is 0 Å². The Morgan fingerprint density at radius 3 is 2.60 bits per heavy atom. The highest BCUT2D eigenvalue weighted by Gasteiger charge is 2.10. The van der Waals surface area contributed by atoms with Gasteiger partial charge >= 0.3 is 6.01 Å². The maximum absolute atomic E-state index is 11.1. The maximum atomic E-state index is 11.1. The van der Waals surface area contributed by atoms with Crippen LogP contribution in [0.1, 0.15) is 26.7 Å². The molecule has 20 heavy (non-hydrogen) atoms. The lowest BCUT2D eigenvalue weighted by atomic mass is 10.3. The van der Waals surface area contributed by atoms with Crippen LogP contribution in [0.2, 0.25) is 0 Å². The number of rotatable bonds is 9. The van der Waals surface area contributed by atoms with Crippen molar-refractivity contribution >= 4 is 22.7 Å². The zero-order valence-corrected chi connectivity index (χ0v) is 13.3. The zero-order chi connectivity index (χ0) is 15.0. The van der Waals surface area contributed by atoms with E-state index in [2.05, 4.69) is 25.6 Å². The Morgan fingerprint density at radius 1 is 1.30 bits per heavy atom. The topological polar surface area (TPSA) is 89.0 Å². The first-order chi connectivity index (χ1) is 9.55. The second-order valence-corrected chi connectivity index (χ2v) is 6.03. The smallest absolute Gasteiger partial charge is 0.323 e. The van der Waals surface area contributed by atoms with Crippen molar-refractivity contribution < 1.29 is 8.95 Å². The molecule has 8 heteroatoms. The van der Waals surface area contributed by atoms with Crippen LogP contribution in [0.25, 0.3) is 0 Å². The first-order valence-electron chi connectivity index (χ1n) is 6.68. The van der Waals surface area contributed by atoms with E-state index in [0.29, 0.717) is 30.3 Å². The standard InChI is InChI=1S/C12H23N5O2S/c1-5-7-19-12-16-10(13-3)15-11(17-12)14-9(2)6-8-20(4)18/h9H,5-8H2,1-4H3,(H2,13,14,15,16,17). The highest BCUT2D eigenvalue weighted by Crippen LogP contribution is 2.12. The van der Waals surface area contributed by atoms with Gasteiger partial charge in [0.05, 0.1) is 6.61 Å². The lowest BCUT2D eigenvalue weighted by Crippen LogP contribution is -2.20. The van der Waals surface area contributed by atoms with Crippen molar-refractivity contribution in [1.82, 2.24) is 15.0 Å². The molecule has 0 aliphatic carbocycles. The van der Waals surface area contributed by atoms with Gasteiger partial charge in [0.1, 0.15) is 0 Å². The summed E-state index contributed by atoms with van der Waals surface area (Å²) in [6.45, 7) is 4.59. The minimum Gasteiger partial charge on any atom is -0.463 e. The summed E-state index contributed by atoms with van der Waals surface area (Å²) < 4.78 is 16.5. The van der Waals surface area contributed by atoms with Crippen LogP contribution in [-0.4, -0.2) is 50.9 Å². The molecule has 0 radical (unpaired) electrons. The van der Waals surface area contributed by atoms with E-state index in [9.17, 15) is 4.21 Å². The molecule has 0 amide bonds. The van der Waals surface area contributed by atoms with E-state index >= 15 is 0 Å². The van der Waals surface area contributed by atoms with Gasteiger partial charge in [-0.15, -0.1) is 0 Å². The van der Waals surface area contributed by atoms with Crippen molar-refractivity contribution in [2.75, 3.05) is 36.3 Å². The van der Waals surface area contributed by atoms with Gasteiger partial charge < -0.3 is 15.4 Å². The summed E-state index contributed by atoms with van der Waals surface area (Å²) in [5.74, 6) is 1.57. The van der Waals surface area contributed by atoms with E-state index in [1.165, 1.54) is 0 Å². The highest BCUT2D eigenvalue weighted by atomic mass is 32.2. The Kier molecular flexibility index (Phi) is 7.21. The molecule has 0 aliphatic heterocycles. The van der Waals surface area contributed by atoms with E-state index in [1.807, 2.05) is 13.8 Å². The van der Waals surface area contributed by atoms with Crippen LogP contribution in [-0.2, 0) is 10.8 Å². The fourth-order valence-corrected chi connectivity index (χ4v) is 2.11. The van der Waals surface area contributed by atoms with Crippen molar-refractivity contribution in [3.8, 4) is 6.01 Å². The number of hydrogen-bond donors (Lipinski definition) is 2. The molecular weight excluding hydrogens is 278 g/mol. The van der Waals surface area contributed by atoms with Crippen molar-refractivity contribution in [3.63, 3.8) is 0 Å². The SMILES string of the molecule is CCCOc1nc(NC)nc(NC(C)CCS(C)=O)n1. The van der Waals surface area contributed by atoms with Crippen LogP contribution in [0, 0.1) is 0 Å². The normalized spacial score (nSPS) is 13.6. The average Bonchev–Trinajstić information content (AvgIpc) is 2.42. The van der Waals surface area contributed by atoms with E-state index in [0.717, 1.165) is 12.8 Å². The van der Waals surface area contributed by atoms with Gasteiger partial charge in [-0.1, -0.05) is 6.92 Å². The summed E-state index contributed by atoms with van der Waals surface area (Å²) in [6, 6.07) is 0.435. The van der Waals surface area contributed by atoms with Gasteiger partial charge in [0, 0.05) is 35.9 Å². The molecule has 1 aromatic rings. The monoisotopic (exact) mass is 301 g/mol.